The van der Waals surface area contributed by atoms with Gasteiger partial charge in [-0.1, -0.05) is 36.4 Å². The number of pyridine rings is 1. The Morgan fingerprint density at radius 3 is 2.36 bits per heavy atom. The van der Waals surface area contributed by atoms with Gasteiger partial charge in [-0.15, -0.1) is 0 Å². The van der Waals surface area contributed by atoms with Crippen LogP contribution in [-0.2, 0) is 33.1 Å². The number of hydrogen-bond acceptors (Lipinski definition) is 8. The molecule has 12 heteroatoms. The Labute approximate surface area is 259 Å². The number of aromatic nitrogens is 1. The van der Waals surface area contributed by atoms with Crippen molar-refractivity contribution in [3.05, 3.63) is 95.1 Å². The lowest BCUT2D eigenvalue weighted by molar-refractivity contribution is -0.170. The zero-order chi connectivity index (χ0) is 32.8. The number of carboxylic acids is 3. The number of para-hydroxylation sites is 1. The number of ether oxygens (including phenoxy) is 1. The van der Waals surface area contributed by atoms with Crippen LogP contribution >= 0.6 is 0 Å². The molecule has 5 rings (SSSR count). The lowest BCUT2D eigenvalue weighted by Gasteiger charge is -2.30. The van der Waals surface area contributed by atoms with Gasteiger partial charge in [0.1, 0.15) is 23.8 Å². The monoisotopic (exact) mass is 624 g/mol. The number of carboxylic acid groups (broad SMARTS) is 3. The van der Waals surface area contributed by atoms with Crippen molar-refractivity contribution < 1.29 is 49.0 Å². The van der Waals surface area contributed by atoms with Crippen LogP contribution in [0.4, 0.5) is 4.39 Å². The fourth-order valence-corrected chi connectivity index (χ4v) is 6.07. The van der Waals surface area contributed by atoms with Gasteiger partial charge in [-0.2, -0.15) is 0 Å². The Balaban J connectivity index is 0.000000302. The van der Waals surface area contributed by atoms with Crippen molar-refractivity contribution in [3.8, 4) is 5.75 Å². The molecule has 240 valence electrons. The second-order valence-electron chi connectivity index (χ2n) is 11.7. The number of aryl methyl sites for hydroxylation is 1. The number of benzene rings is 2. The number of halogens is 1. The first kappa shape index (κ1) is 33.5. The van der Waals surface area contributed by atoms with Gasteiger partial charge in [0, 0.05) is 37.3 Å². The molecule has 0 bridgehead atoms. The van der Waals surface area contributed by atoms with E-state index >= 15 is 0 Å². The largest absolute Gasteiger partial charge is 0.489 e. The molecule has 1 aromatic heterocycles. The molecule has 0 unspecified atom stereocenters. The summed E-state index contributed by atoms with van der Waals surface area (Å²) < 4.78 is 19.5. The van der Waals surface area contributed by atoms with E-state index in [2.05, 4.69) is 16.0 Å². The van der Waals surface area contributed by atoms with E-state index in [-0.39, 0.29) is 11.7 Å². The third-order valence-electron chi connectivity index (χ3n) is 8.32. The van der Waals surface area contributed by atoms with Crippen LogP contribution in [0, 0.1) is 24.6 Å². The molecular weight excluding hydrogens is 587 g/mol. The summed E-state index contributed by atoms with van der Waals surface area (Å²) in [5, 5.41) is 45.4. The molecule has 0 amide bonds. The van der Waals surface area contributed by atoms with Crippen LogP contribution in [0.2, 0.25) is 0 Å². The summed E-state index contributed by atoms with van der Waals surface area (Å²) in [7, 11) is 0. The molecule has 1 saturated heterocycles. The highest BCUT2D eigenvalue weighted by atomic mass is 19.1. The maximum absolute atomic E-state index is 13.5. The van der Waals surface area contributed by atoms with Crippen LogP contribution in [0.25, 0.3) is 0 Å². The Hall–Kier alpha value is -4.39. The van der Waals surface area contributed by atoms with Crippen LogP contribution in [0.1, 0.15) is 48.1 Å². The van der Waals surface area contributed by atoms with E-state index in [1.807, 2.05) is 49.5 Å². The van der Waals surface area contributed by atoms with Gasteiger partial charge in [-0.3, -0.25) is 19.5 Å². The molecule has 3 aromatic rings. The quantitative estimate of drug-likeness (QED) is 0.211. The van der Waals surface area contributed by atoms with Crippen molar-refractivity contribution in [2.45, 2.75) is 57.0 Å². The lowest BCUT2D eigenvalue weighted by atomic mass is 9.85. The highest BCUT2D eigenvalue weighted by Crippen LogP contribution is 2.50. The van der Waals surface area contributed by atoms with Gasteiger partial charge in [0.05, 0.1) is 18.5 Å². The minimum atomic E-state index is -2.74. The molecule has 3 atom stereocenters. The van der Waals surface area contributed by atoms with Gasteiger partial charge < -0.3 is 30.3 Å². The second kappa shape index (κ2) is 14.1. The third-order valence-corrected chi connectivity index (χ3v) is 8.32. The second-order valence-corrected chi connectivity index (χ2v) is 11.7. The molecule has 11 nitrogen and oxygen atoms in total. The summed E-state index contributed by atoms with van der Waals surface area (Å²) in [4.78, 5) is 37.5. The number of fused-ring (bicyclic) bond motifs is 1. The van der Waals surface area contributed by atoms with Crippen LogP contribution in [0.3, 0.4) is 0 Å². The average Bonchev–Trinajstić information content (AvgIpc) is 3.52. The minimum Gasteiger partial charge on any atom is -0.489 e. The number of rotatable bonds is 11. The smallest absolute Gasteiger partial charge is 0.336 e. The summed E-state index contributed by atoms with van der Waals surface area (Å²) >= 11 is 0. The Morgan fingerprint density at radius 1 is 1.02 bits per heavy atom. The molecule has 2 aliphatic rings. The number of hydrogen-bond donors (Lipinski definition) is 5. The summed E-state index contributed by atoms with van der Waals surface area (Å²) in [6, 6.07) is 18.6. The molecule has 5 N–H and O–H groups in total. The fourth-order valence-electron chi connectivity index (χ4n) is 6.07. The number of nitrogens with zero attached hydrogens (tertiary/aromatic N) is 2. The maximum Gasteiger partial charge on any atom is 0.336 e. The highest BCUT2D eigenvalue weighted by Gasteiger charge is 2.53. The normalized spacial score (nSPS) is 21.0. The Kier molecular flexibility index (Phi) is 10.5. The van der Waals surface area contributed by atoms with Gasteiger partial charge in [0.2, 0.25) is 0 Å². The molecule has 45 heavy (non-hydrogen) atoms. The molecular formula is C33H37FN2O9. The zero-order valence-corrected chi connectivity index (χ0v) is 24.8. The van der Waals surface area contributed by atoms with Crippen molar-refractivity contribution in [2.24, 2.45) is 11.8 Å². The highest BCUT2D eigenvalue weighted by molar-refractivity contribution is 5.88. The Morgan fingerprint density at radius 2 is 1.73 bits per heavy atom. The van der Waals surface area contributed by atoms with E-state index in [9.17, 15) is 23.9 Å². The lowest BCUT2D eigenvalue weighted by Crippen LogP contribution is -2.42. The summed E-state index contributed by atoms with van der Waals surface area (Å²) in [5.74, 6) is -3.78. The van der Waals surface area contributed by atoms with Crippen molar-refractivity contribution in [2.75, 3.05) is 13.1 Å². The van der Waals surface area contributed by atoms with Crippen LogP contribution < -0.4 is 4.74 Å². The average molecular weight is 625 g/mol. The predicted molar refractivity (Wildman–Crippen MR) is 159 cm³/mol. The van der Waals surface area contributed by atoms with Crippen molar-refractivity contribution >= 4 is 17.9 Å². The standard InChI is InChI=1S/C27H29FN2O2.C6H8O7/c1-19-9-10-26(29-14-19)27(31)12-11-21-15-30(17-24(21)27)16-22-6-2-3-8-25(22)32-18-20-5-4-7-23(28)13-20;7-3(8)1-6(13,5(11)12)2-4(9)10/h2-10,13-14,21,24,31H,11-12,15-18H2,1H3;13H,1-2H2,(H,7,8)(H,9,10)(H,11,12)/t21-,24+,27-;/m0./s1. The molecule has 1 aliphatic carbocycles. The predicted octanol–water partition coefficient (Wildman–Crippen LogP) is 3.59. The van der Waals surface area contributed by atoms with E-state index in [0.717, 1.165) is 60.6 Å². The third kappa shape index (κ3) is 8.41. The molecule has 1 aliphatic heterocycles. The number of aliphatic hydroxyl groups is 2. The van der Waals surface area contributed by atoms with Gasteiger partial charge in [-0.25, -0.2) is 9.18 Å². The van der Waals surface area contributed by atoms with Crippen LogP contribution in [0.15, 0.2) is 66.9 Å². The van der Waals surface area contributed by atoms with E-state index in [0.29, 0.717) is 12.5 Å². The molecule has 1 saturated carbocycles. The van der Waals surface area contributed by atoms with Crippen molar-refractivity contribution in [1.29, 1.82) is 0 Å². The topological polar surface area (TPSA) is 178 Å². The van der Waals surface area contributed by atoms with Gasteiger partial charge in [-0.05, 0) is 61.1 Å². The van der Waals surface area contributed by atoms with Crippen LogP contribution in [-0.4, -0.2) is 72.0 Å². The van der Waals surface area contributed by atoms with Crippen molar-refractivity contribution in [1.82, 2.24) is 9.88 Å². The van der Waals surface area contributed by atoms with E-state index < -0.39 is 42.0 Å². The first-order valence-corrected chi connectivity index (χ1v) is 14.5. The molecule has 0 radical (unpaired) electrons. The van der Waals surface area contributed by atoms with Gasteiger partial charge in [0.25, 0.3) is 0 Å². The molecule has 2 aromatic carbocycles. The van der Waals surface area contributed by atoms with Crippen LogP contribution in [0.5, 0.6) is 5.75 Å². The number of likely N-dealkylation sites (tertiary alicyclic amines) is 1. The number of carbonyl (C=O) groups is 3. The SMILES string of the molecule is Cc1ccc([C@]2(O)CC[C@H]3CN(Cc4ccccc4OCc4cccc(F)c4)C[C@H]32)nc1.O=C(O)CC(O)(CC(=O)O)C(=O)O. The Bertz CT molecular complexity index is 1500. The summed E-state index contributed by atoms with van der Waals surface area (Å²) in [6.45, 7) is 4.93. The first-order chi connectivity index (χ1) is 21.3. The molecule has 2 heterocycles. The van der Waals surface area contributed by atoms with Crippen molar-refractivity contribution in [3.63, 3.8) is 0 Å². The fraction of sp³-hybridized carbons (Fsp3) is 0.394. The summed E-state index contributed by atoms with van der Waals surface area (Å²) in [6.07, 6.45) is 1.35. The van der Waals surface area contributed by atoms with E-state index in [4.69, 9.17) is 25.2 Å². The van der Waals surface area contributed by atoms with Gasteiger partial charge in [0.15, 0.2) is 5.60 Å². The maximum atomic E-state index is 13.5. The minimum absolute atomic E-state index is 0.193. The van der Waals surface area contributed by atoms with E-state index in [1.165, 1.54) is 12.1 Å². The molecule has 2 fully saturated rings. The summed E-state index contributed by atoms with van der Waals surface area (Å²) in [5.41, 5.74) is 0.246. The zero-order valence-electron chi connectivity index (χ0n) is 24.8. The number of aliphatic carboxylic acids is 3. The van der Waals surface area contributed by atoms with Gasteiger partial charge >= 0.3 is 17.9 Å². The first-order valence-electron chi connectivity index (χ1n) is 14.5. The molecule has 0 spiro atoms. The van der Waals surface area contributed by atoms with E-state index in [1.54, 1.807) is 6.07 Å².